The third-order valence-corrected chi connectivity index (χ3v) is 2.87. The van der Waals surface area contributed by atoms with Gasteiger partial charge in [-0.2, -0.15) is 0 Å². The molecule has 1 unspecified atom stereocenters. The Morgan fingerprint density at radius 3 is 3.12 bits per heavy atom. The number of benzene rings is 1. The summed E-state index contributed by atoms with van der Waals surface area (Å²) < 4.78 is 24.1. The highest BCUT2D eigenvalue weighted by atomic mass is 35.5. The SMILES string of the molecule is Fc1cc(COCC2CNCCO2)ccc1Cl. The summed E-state index contributed by atoms with van der Waals surface area (Å²) in [6.45, 7) is 3.28. The Morgan fingerprint density at radius 2 is 2.41 bits per heavy atom. The predicted octanol–water partition coefficient (Wildman–Crippen LogP) is 1.98. The first kappa shape index (κ1) is 12.8. The molecule has 5 heteroatoms. The van der Waals surface area contributed by atoms with E-state index in [1.165, 1.54) is 12.1 Å². The highest BCUT2D eigenvalue weighted by Crippen LogP contribution is 2.16. The zero-order valence-corrected chi connectivity index (χ0v) is 10.2. The van der Waals surface area contributed by atoms with Crippen LogP contribution in [0, 0.1) is 5.82 Å². The summed E-state index contributed by atoms with van der Waals surface area (Å²) in [5.74, 6) is -0.414. The van der Waals surface area contributed by atoms with E-state index in [2.05, 4.69) is 5.32 Å². The first-order chi connectivity index (χ1) is 8.25. The molecule has 1 fully saturated rings. The van der Waals surface area contributed by atoms with Gasteiger partial charge in [-0.3, -0.25) is 0 Å². The first-order valence-electron chi connectivity index (χ1n) is 5.59. The van der Waals surface area contributed by atoms with Crippen molar-refractivity contribution in [2.75, 3.05) is 26.3 Å². The van der Waals surface area contributed by atoms with E-state index in [9.17, 15) is 4.39 Å². The molecule has 0 saturated carbocycles. The highest BCUT2D eigenvalue weighted by molar-refractivity contribution is 6.30. The molecular formula is C12H15ClFNO2. The number of nitrogens with one attached hydrogen (secondary N) is 1. The molecule has 1 aliphatic heterocycles. The zero-order chi connectivity index (χ0) is 12.1. The van der Waals surface area contributed by atoms with Crippen LogP contribution >= 0.6 is 11.6 Å². The fourth-order valence-electron chi connectivity index (χ4n) is 1.66. The van der Waals surface area contributed by atoms with Crippen molar-refractivity contribution in [3.8, 4) is 0 Å². The van der Waals surface area contributed by atoms with Crippen LogP contribution in [-0.4, -0.2) is 32.4 Å². The number of morpholine rings is 1. The lowest BCUT2D eigenvalue weighted by Gasteiger charge is -2.23. The van der Waals surface area contributed by atoms with Crippen molar-refractivity contribution < 1.29 is 13.9 Å². The number of hydrogen-bond acceptors (Lipinski definition) is 3. The molecule has 0 amide bonds. The van der Waals surface area contributed by atoms with E-state index >= 15 is 0 Å². The fourth-order valence-corrected chi connectivity index (χ4v) is 1.78. The molecule has 1 N–H and O–H groups in total. The molecule has 94 valence electrons. The summed E-state index contributed by atoms with van der Waals surface area (Å²) in [4.78, 5) is 0. The smallest absolute Gasteiger partial charge is 0.142 e. The van der Waals surface area contributed by atoms with Crippen molar-refractivity contribution in [2.24, 2.45) is 0 Å². The summed E-state index contributed by atoms with van der Waals surface area (Å²) in [7, 11) is 0. The molecule has 0 spiro atoms. The van der Waals surface area contributed by atoms with Gasteiger partial charge < -0.3 is 14.8 Å². The Hall–Kier alpha value is -0.680. The molecule has 1 heterocycles. The average Bonchev–Trinajstić information content (AvgIpc) is 2.35. The van der Waals surface area contributed by atoms with Crippen LogP contribution in [0.4, 0.5) is 4.39 Å². The number of halogens is 2. The van der Waals surface area contributed by atoms with Gasteiger partial charge in [-0.05, 0) is 17.7 Å². The van der Waals surface area contributed by atoms with Gasteiger partial charge in [-0.15, -0.1) is 0 Å². The Bertz CT molecular complexity index is 370. The van der Waals surface area contributed by atoms with E-state index < -0.39 is 5.82 Å². The van der Waals surface area contributed by atoms with Crippen LogP contribution < -0.4 is 5.32 Å². The predicted molar refractivity (Wildman–Crippen MR) is 63.7 cm³/mol. The quantitative estimate of drug-likeness (QED) is 0.897. The normalized spacial score (nSPS) is 20.5. The van der Waals surface area contributed by atoms with Crippen LogP contribution in [0.3, 0.4) is 0 Å². The van der Waals surface area contributed by atoms with E-state index in [0.29, 0.717) is 19.8 Å². The van der Waals surface area contributed by atoms with Crippen LogP contribution in [0.25, 0.3) is 0 Å². The van der Waals surface area contributed by atoms with Crippen LogP contribution in [0.15, 0.2) is 18.2 Å². The standard InChI is InChI=1S/C12H15ClFNO2/c13-11-2-1-9(5-12(11)14)7-16-8-10-6-15-3-4-17-10/h1-2,5,10,15H,3-4,6-8H2. The number of ether oxygens (including phenoxy) is 2. The maximum absolute atomic E-state index is 13.1. The first-order valence-corrected chi connectivity index (χ1v) is 5.97. The Labute approximate surface area is 105 Å². The molecular weight excluding hydrogens is 245 g/mol. The largest absolute Gasteiger partial charge is 0.374 e. The van der Waals surface area contributed by atoms with Gasteiger partial charge in [0.1, 0.15) is 5.82 Å². The second kappa shape index (κ2) is 6.31. The molecule has 0 bridgehead atoms. The van der Waals surface area contributed by atoms with Gasteiger partial charge in [-0.1, -0.05) is 17.7 Å². The number of rotatable bonds is 4. The molecule has 0 radical (unpaired) electrons. The van der Waals surface area contributed by atoms with Crippen LogP contribution in [0.5, 0.6) is 0 Å². The monoisotopic (exact) mass is 259 g/mol. The van der Waals surface area contributed by atoms with Gasteiger partial charge in [0.2, 0.25) is 0 Å². The summed E-state index contributed by atoms with van der Waals surface area (Å²) >= 11 is 5.59. The lowest BCUT2D eigenvalue weighted by atomic mass is 10.2. The second-order valence-electron chi connectivity index (χ2n) is 3.96. The van der Waals surface area contributed by atoms with Crippen LogP contribution in [0.2, 0.25) is 5.02 Å². The lowest BCUT2D eigenvalue weighted by Crippen LogP contribution is -2.40. The molecule has 1 aromatic rings. The summed E-state index contributed by atoms with van der Waals surface area (Å²) in [6.07, 6.45) is 0.0842. The minimum Gasteiger partial charge on any atom is -0.374 e. The number of hydrogen-bond donors (Lipinski definition) is 1. The third kappa shape index (κ3) is 3.92. The molecule has 1 aromatic carbocycles. The molecule has 0 aromatic heterocycles. The van der Waals surface area contributed by atoms with Crippen molar-refractivity contribution in [3.05, 3.63) is 34.6 Å². The van der Waals surface area contributed by atoms with Gasteiger partial charge >= 0.3 is 0 Å². The van der Waals surface area contributed by atoms with Gasteiger partial charge in [-0.25, -0.2) is 4.39 Å². The molecule has 3 nitrogen and oxygen atoms in total. The summed E-state index contributed by atoms with van der Waals surface area (Å²) in [6, 6.07) is 4.68. The fraction of sp³-hybridized carbons (Fsp3) is 0.500. The van der Waals surface area contributed by atoms with E-state index in [-0.39, 0.29) is 11.1 Å². The van der Waals surface area contributed by atoms with E-state index in [0.717, 1.165) is 18.7 Å². The van der Waals surface area contributed by atoms with Crippen LogP contribution in [0.1, 0.15) is 5.56 Å². The van der Waals surface area contributed by atoms with Crippen molar-refractivity contribution in [3.63, 3.8) is 0 Å². The topological polar surface area (TPSA) is 30.5 Å². The molecule has 0 aliphatic carbocycles. The minimum absolute atomic E-state index is 0.0842. The summed E-state index contributed by atoms with van der Waals surface area (Å²) in [5.41, 5.74) is 0.774. The van der Waals surface area contributed by atoms with Crippen LogP contribution in [-0.2, 0) is 16.1 Å². The lowest BCUT2D eigenvalue weighted by molar-refractivity contribution is -0.0357. The average molecular weight is 260 g/mol. The third-order valence-electron chi connectivity index (χ3n) is 2.56. The molecule has 1 atom stereocenters. The molecule has 1 aliphatic rings. The maximum atomic E-state index is 13.1. The van der Waals surface area contributed by atoms with Crippen molar-refractivity contribution in [1.82, 2.24) is 5.32 Å². The molecule has 2 rings (SSSR count). The highest BCUT2D eigenvalue weighted by Gasteiger charge is 2.13. The van der Waals surface area contributed by atoms with Gasteiger partial charge in [0.25, 0.3) is 0 Å². The second-order valence-corrected chi connectivity index (χ2v) is 4.37. The van der Waals surface area contributed by atoms with Gasteiger partial charge in [0.05, 0.1) is 30.9 Å². The summed E-state index contributed by atoms with van der Waals surface area (Å²) in [5, 5.41) is 3.35. The Kier molecular flexibility index (Phi) is 4.74. The Balaban J connectivity index is 1.75. The van der Waals surface area contributed by atoms with Gasteiger partial charge in [0, 0.05) is 13.1 Å². The van der Waals surface area contributed by atoms with Crippen molar-refractivity contribution in [2.45, 2.75) is 12.7 Å². The van der Waals surface area contributed by atoms with Crippen molar-refractivity contribution >= 4 is 11.6 Å². The Morgan fingerprint density at radius 1 is 1.53 bits per heavy atom. The van der Waals surface area contributed by atoms with E-state index in [1.54, 1.807) is 6.07 Å². The van der Waals surface area contributed by atoms with E-state index in [1.807, 2.05) is 0 Å². The zero-order valence-electron chi connectivity index (χ0n) is 9.42. The van der Waals surface area contributed by atoms with E-state index in [4.69, 9.17) is 21.1 Å². The molecule has 17 heavy (non-hydrogen) atoms. The minimum atomic E-state index is -0.414. The van der Waals surface area contributed by atoms with Crippen molar-refractivity contribution in [1.29, 1.82) is 0 Å². The maximum Gasteiger partial charge on any atom is 0.142 e. The van der Waals surface area contributed by atoms with Gasteiger partial charge in [0.15, 0.2) is 0 Å². The molecule has 1 saturated heterocycles.